The molecule has 200 valence electrons. The van der Waals surface area contributed by atoms with Crippen LogP contribution in [-0.4, -0.2) is 35.6 Å². The van der Waals surface area contributed by atoms with Gasteiger partial charge in [0.25, 0.3) is 0 Å². The molecule has 3 atom stereocenters. The third-order valence-electron chi connectivity index (χ3n) is 6.86. The maximum Gasteiger partial charge on any atom is 0.196 e. The van der Waals surface area contributed by atoms with Gasteiger partial charge in [-0.1, -0.05) is 94.5 Å². The van der Waals surface area contributed by atoms with Crippen molar-refractivity contribution >= 4 is 68.2 Å². The van der Waals surface area contributed by atoms with Crippen molar-refractivity contribution in [3.63, 3.8) is 0 Å². The summed E-state index contributed by atoms with van der Waals surface area (Å²) in [5.74, 6) is 0.947. The van der Waals surface area contributed by atoms with Crippen LogP contribution in [0.15, 0.2) is 47.1 Å². The fourth-order valence-corrected chi connectivity index (χ4v) is 6.84. The maximum atomic E-state index is 7.08. The Balaban J connectivity index is 1.90. The highest BCUT2D eigenvalue weighted by Crippen LogP contribution is 2.44. The Kier molecular flexibility index (Phi) is 9.02. The van der Waals surface area contributed by atoms with Crippen LogP contribution < -0.4 is 16.0 Å². The molecule has 0 aromatic carbocycles. The number of rotatable bonds is 7. The lowest BCUT2D eigenvalue weighted by atomic mass is 9.76. The summed E-state index contributed by atoms with van der Waals surface area (Å²) in [4.78, 5) is 13.8. The van der Waals surface area contributed by atoms with Crippen molar-refractivity contribution in [1.29, 1.82) is 0 Å². The summed E-state index contributed by atoms with van der Waals surface area (Å²) in [6, 6.07) is -0.370. The van der Waals surface area contributed by atoms with Gasteiger partial charge in [0.15, 0.2) is 5.29 Å². The lowest BCUT2D eigenvalue weighted by Gasteiger charge is -2.40. The molecule has 3 aliphatic rings. The van der Waals surface area contributed by atoms with E-state index in [9.17, 15) is 0 Å². The highest BCUT2D eigenvalue weighted by atomic mass is 79.9. The zero-order valence-corrected chi connectivity index (χ0v) is 26.2. The first-order chi connectivity index (χ1) is 16.6. The Morgan fingerprint density at radius 2 is 1.44 bits per heavy atom. The van der Waals surface area contributed by atoms with Gasteiger partial charge in [-0.15, -0.1) is 0 Å². The van der Waals surface area contributed by atoms with Crippen molar-refractivity contribution in [1.82, 2.24) is 16.0 Å². The molecule has 10 heteroatoms. The second-order valence-electron chi connectivity index (χ2n) is 12.1. The van der Waals surface area contributed by atoms with Crippen molar-refractivity contribution in [2.45, 2.75) is 92.8 Å². The lowest BCUT2D eigenvalue weighted by molar-refractivity contribution is 0.284. The number of nitrogens with zero attached hydrogens (tertiary/aromatic N) is 3. The summed E-state index contributed by atoms with van der Waals surface area (Å²) in [6.07, 6.45) is 5.66. The number of nitrogens with one attached hydrogen (secondary N) is 3. The molecule has 3 aliphatic heterocycles. The second kappa shape index (κ2) is 11.0. The number of halogens is 4. The molecule has 0 amide bonds. The lowest BCUT2D eigenvalue weighted by Crippen LogP contribution is -2.45. The average molecular weight is 621 g/mol. The summed E-state index contributed by atoms with van der Waals surface area (Å²) in [5.41, 5.74) is 1.19. The number of hydrogen-bond donors (Lipinski definition) is 3. The third-order valence-corrected chi connectivity index (χ3v) is 8.59. The first-order valence-corrected chi connectivity index (χ1v) is 14.2. The Labute approximate surface area is 239 Å². The topological polar surface area (TPSA) is 73.2 Å². The van der Waals surface area contributed by atoms with E-state index in [1.807, 2.05) is 6.20 Å². The smallest absolute Gasteiger partial charge is 0.196 e. The molecule has 0 saturated carbocycles. The molecule has 0 aromatic heterocycles. The molecule has 0 aliphatic carbocycles. The van der Waals surface area contributed by atoms with E-state index >= 15 is 0 Å². The number of aliphatic imine (C=N–C) groups is 3. The van der Waals surface area contributed by atoms with E-state index in [1.54, 1.807) is 6.34 Å². The number of hydrogen-bond acceptors (Lipinski definition) is 6. The Hall–Kier alpha value is -1.02. The molecule has 6 nitrogen and oxygen atoms in total. The van der Waals surface area contributed by atoms with E-state index in [0.717, 1.165) is 33.2 Å². The first-order valence-electron chi connectivity index (χ1n) is 12.3. The molecule has 0 spiro atoms. The Morgan fingerprint density at radius 3 is 2.03 bits per heavy atom. The summed E-state index contributed by atoms with van der Waals surface area (Å²) in [5, 5.41) is 11.8. The van der Waals surface area contributed by atoms with Crippen molar-refractivity contribution in [3.8, 4) is 0 Å². The standard InChI is InChI=1S/C26H38BrCl3N6/c1-9-17-33-15(18(28)21(35-17)24(2,3)4)10-26(7,8)22-19(29)16(34-23(30)36-22)11-25(5,6)20-14(27)12-31-13-32-20/h12-13,20-22H,9-11H2,1-8H3,(H,31,32)(H,33,35)(H,34,36). The van der Waals surface area contributed by atoms with Crippen LogP contribution in [0.1, 0.15) is 74.7 Å². The van der Waals surface area contributed by atoms with Gasteiger partial charge in [0.05, 0.1) is 34.5 Å². The minimum atomic E-state index is -0.369. The van der Waals surface area contributed by atoms with E-state index in [2.05, 4.69) is 92.3 Å². The van der Waals surface area contributed by atoms with Crippen molar-refractivity contribution in [2.24, 2.45) is 31.2 Å². The van der Waals surface area contributed by atoms with Crippen molar-refractivity contribution < 1.29 is 0 Å². The van der Waals surface area contributed by atoms with E-state index in [0.29, 0.717) is 23.2 Å². The van der Waals surface area contributed by atoms with Crippen LogP contribution in [0.25, 0.3) is 0 Å². The largest absolute Gasteiger partial charge is 0.368 e. The van der Waals surface area contributed by atoms with Crippen LogP contribution in [0.2, 0.25) is 0 Å². The molecule has 0 radical (unpaired) electrons. The van der Waals surface area contributed by atoms with Crippen LogP contribution >= 0.6 is 50.7 Å². The number of amidine groups is 2. The van der Waals surface area contributed by atoms with Gasteiger partial charge < -0.3 is 16.0 Å². The molecule has 3 unspecified atom stereocenters. The van der Waals surface area contributed by atoms with Crippen LogP contribution in [-0.2, 0) is 0 Å². The highest BCUT2D eigenvalue weighted by molar-refractivity contribution is 9.11. The summed E-state index contributed by atoms with van der Waals surface area (Å²) < 4.78 is 0.992. The first kappa shape index (κ1) is 29.5. The fourth-order valence-electron chi connectivity index (χ4n) is 4.81. The summed E-state index contributed by atoms with van der Waals surface area (Å²) >= 11 is 24.2. The SMILES string of the molecule is CCC1=NC(C(C)(C)C)C(Cl)=C(CC(C)(C)C2N=C(Cl)NC(CC(C)(C)C3NC=NC=C3Br)=C2Cl)N1. The van der Waals surface area contributed by atoms with Crippen molar-refractivity contribution in [3.05, 3.63) is 32.1 Å². The minimum Gasteiger partial charge on any atom is -0.368 e. The van der Waals surface area contributed by atoms with Gasteiger partial charge >= 0.3 is 0 Å². The third kappa shape index (κ3) is 6.51. The summed E-state index contributed by atoms with van der Waals surface area (Å²) in [7, 11) is 0. The molecule has 0 fully saturated rings. The second-order valence-corrected chi connectivity index (χ2v) is 14.2. The normalized spacial score (nSPS) is 25.6. The molecule has 0 aromatic rings. The van der Waals surface area contributed by atoms with Gasteiger partial charge in [-0.25, -0.2) is 9.98 Å². The average Bonchev–Trinajstić information content (AvgIpc) is 2.76. The van der Waals surface area contributed by atoms with E-state index in [-0.39, 0.29) is 34.4 Å². The van der Waals surface area contributed by atoms with E-state index < -0.39 is 0 Å². The van der Waals surface area contributed by atoms with Gasteiger partial charge in [-0.3, -0.25) is 4.99 Å². The van der Waals surface area contributed by atoms with Gasteiger partial charge in [0.2, 0.25) is 0 Å². The fraction of sp³-hybridized carbons (Fsp3) is 0.654. The molecular formula is C26H38BrCl3N6. The van der Waals surface area contributed by atoms with Gasteiger partial charge in [0.1, 0.15) is 5.84 Å². The van der Waals surface area contributed by atoms with Crippen LogP contribution in [0.5, 0.6) is 0 Å². The molecule has 3 rings (SSSR count). The predicted octanol–water partition coefficient (Wildman–Crippen LogP) is 7.35. The van der Waals surface area contributed by atoms with Crippen LogP contribution in [0.3, 0.4) is 0 Å². The van der Waals surface area contributed by atoms with E-state index in [4.69, 9.17) is 44.8 Å². The quantitative estimate of drug-likeness (QED) is 0.261. The predicted molar refractivity (Wildman–Crippen MR) is 159 cm³/mol. The van der Waals surface area contributed by atoms with Gasteiger partial charge in [0, 0.05) is 28.5 Å². The van der Waals surface area contributed by atoms with E-state index in [1.165, 1.54) is 0 Å². The Bertz CT molecular complexity index is 1060. The molecule has 3 heterocycles. The minimum absolute atomic E-state index is 0.0503. The molecular weight excluding hydrogens is 583 g/mol. The maximum absolute atomic E-state index is 7.08. The van der Waals surface area contributed by atoms with Crippen LogP contribution in [0.4, 0.5) is 0 Å². The highest BCUT2D eigenvalue weighted by Gasteiger charge is 2.41. The summed E-state index contributed by atoms with van der Waals surface area (Å²) in [6.45, 7) is 17.3. The zero-order chi connectivity index (χ0) is 27.1. The molecule has 0 saturated heterocycles. The monoisotopic (exact) mass is 618 g/mol. The van der Waals surface area contributed by atoms with Crippen LogP contribution in [0, 0.1) is 16.2 Å². The number of allylic oxidation sites excluding steroid dienone is 2. The zero-order valence-electron chi connectivity index (χ0n) is 22.4. The molecule has 36 heavy (non-hydrogen) atoms. The Morgan fingerprint density at radius 1 is 0.861 bits per heavy atom. The van der Waals surface area contributed by atoms with Crippen molar-refractivity contribution in [2.75, 3.05) is 0 Å². The van der Waals surface area contributed by atoms with Gasteiger partial charge in [-0.2, -0.15) is 0 Å². The van der Waals surface area contributed by atoms with Gasteiger partial charge in [-0.05, 0) is 40.7 Å². The molecule has 0 bridgehead atoms. The molecule has 3 N–H and O–H groups in total.